The van der Waals surface area contributed by atoms with Crippen LogP contribution in [0, 0.1) is 0 Å². The molecule has 2 rings (SSSR count). The zero-order chi connectivity index (χ0) is 12.8. The summed E-state index contributed by atoms with van der Waals surface area (Å²) in [5.41, 5.74) is 0. The van der Waals surface area contributed by atoms with Crippen molar-refractivity contribution < 1.29 is 4.74 Å². The smallest absolute Gasteiger partial charge is 0.0701 e. The first-order valence-corrected chi connectivity index (χ1v) is 8.42. The van der Waals surface area contributed by atoms with Crippen molar-refractivity contribution in [3.05, 3.63) is 20.8 Å². The molecule has 1 N–H and O–H groups in total. The fraction of sp³-hybridized carbons (Fsp3) is 0.714. The van der Waals surface area contributed by atoms with Crippen molar-refractivity contribution in [2.24, 2.45) is 0 Å². The zero-order valence-corrected chi connectivity index (χ0v) is 13.4. The Hall–Kier alpha value is 0.1000. The Morgan fingerprint density at radius 1 is 1.50 bits per heavy atom. The van der Waals surface area contributed by atoms with E-state index in [-0.39, 0.29) is 0 Å². The molecule has 1 aromatic heterocycles. The lowest BCUT2D eigenvalue weighted by atomic mass is 10.00. The molecule has 2 unspecified atom stereocenters. The maximum atomic E-state index is 5.79. The fourth-order valence-corrected chi connectivity index (χ4v) is 4.04. The van der Waals surface area contributed by atoms with E-state index >= 15 is 0 Å². The summed E-state index contributed by atoms with van der Waals surface area (Å²) in [5, 5.41) is 3.44. The first-order valence-electron chi connectivity index (χ1n) is 6.81. The van der Waals surface area contributed by atoms with Gasteiger partial charge in [-0.25, -0.2) is 0 Å². The predicted octanol–water partition coefficient (Wildman–Crippen LogP) is 3.99. The standard InChI is InChI=1S/C14H22BrNOS/c1-16-11(10-13-7-8-14(15)18-13)5-6-12-4-2-3-9-17-12/h7-8,11-12,16H,2-6,9-10H2,1H3. The molecule has 2 heterocycles. The number of hydrogen-bond donors (Lipinski definition) is 1. The van der Waals surface area contributed by atoms with E-state index in [1.807, 2.05) is 11.3 Å². The third-order valence-electron chi connectivity index (χ3n) is 3.60. The minimum Gasteiger partial charge on any atom is -0.378 e. The van der Waals surface area contributed by atoms with Crippen LogP contribution in [0.25, 0.3) is 0 Å². The average Bonchev–Trinajstić information content (AvgIpc) is 2.81. The van der Waals surface area contributed by atoms with Crippen LogP contribution in [0.2, 0.25) is 0 Å². The molecule has 0 spiro atoms. The van der Waals surface area contributed by atoms with Crippen molar-refractivity contribution in [3.63, 3.8) is 0 Å². The van der Waals surface area contributed by atoms with Gasteiger partial charge in [0.2, 0.25) is 0 Å². The molecule has 2 nitrogen and oxygen atoms in total. The van der Waals surface area contributed by atoms with Gasteiger partial charge in [0.15, 0.2) is 0 Å². The molecule has 1 aliphatic rings. The van der Waals surface area contributed by atoms with Crippen molar-refractivity contribution in [1.29, 1.82) is 0 Å². The van der Waals surface area contributed by atoms with Gasteiger partial charge in [-0.05, 0) is 73.6 Å². The van der Waals surface area contributed by atoms with Gasteiger partial charge in [-0.3, -0.25) is 0 Å². The number of likely N-dealkylation sites (N-methyl/N-ethyl adjacent to an activating group) is 1. The van der Waals surface area contributed by atoms with Gasteiger partial charge in [0.05, 0.1) is 9.89 Å². The Morgan fingerprint density at radius 2 is 2.39 bits per heavy atom. The topological polar surface area (TPSA) is 21.3 Å². The summed E-state index contributed by atoms with van der Waals surface area (Å²) in [6, 6.07) is 4.92. The number of thiophene rings is 1. The van der Waals surface area contributed by atoms with Crippen molar-refractivity contribution in [3.8, 4) is 0 Å². The summed E-state index contributed by atoms with van der Waals surface area (Å²) in [6.07, 6.45) is 7.86. The van der Waals surface area contributed by atoms with E-state index in [1.54, 1.807) is 0 Å². The van der Waals surface area contributed by atoms with Crippen LogP contribution in [0.15, 0.2) is 15.9 Å². The fourth-order valence-electron chi connectivity index (χ4n) is 2.47. The SMILES string of the molecule is CNC(CCC1CCCCO1)Cc1ccc(Br)s1. The van der Waals surface area contributed by atoms with Gasteiger partial charge in [-0.15, -0.1) is 11.3 Å². The molecule has 4 heteroatoms. The molecule has 2 atom stereocenters. The zero-order valence-electron chi connectivity index (χ0n) is 11.0. The van der Waals surface area contributed by atoms with Crippen LogP contribution >= 0.6 is 27.3 Å². The van der Waals surface area contributed by atoms with Gasteiger partial charge in [-0.2, -0.15) is 0 Å². The molecular weight excluding hydrogens is 310 g/mol. The van der Waals surface area contributed by atoms with E-state index in [4.69, 9.17) is 4.74 Å². The maximum Gasteiger partial charge on any atom is 0.0701 e. The van der Waals surface area contributed by atoms with E-state index in [9.17, 15) is 0 Å². The quantitative estimate of drug-likeness (QED) is 0.850. The summed E-state index contributed by atoms with van der Waals surface area (Å²) in [6.45, 7) is 0.965. The number of ether oxygens (including phenoxy) is 1. The molecule has 1 fully saturated rings. The molecule has 102 valence electrons. The molecule has 0 saturated carbocycles. The highest BCUT2D eigenvalue weighted by Gasteiger charge is 2.16. The lowest BCUT2D eigenvalue weighted by Crippen LogP contribution is -2.29. The second kappa shape index (κ2) is 7.63. The van der Waals surface area contributed by atoms with Gasteiger partial charge in [0.1, 0.15) is 0 Å². The van der Waals surface area contributed by atoms with Crippen LogP contribution in [0.3, 0.4) is 0 Å². The highest BCUT2D eigenvalue weighted by molar-refractivity contribution is 9.11. The number of rotatable bonds is 6. The Kier molecular flexibility index (Phi) is 6.15. The number of nitrogens with one attached hydrogen (secondary N) is 1. The number of hydrogen-bond acceptors (Lipinski definition) is 3. The molecule has 1 aromatic rings. The Labute approximate surface area is 122 Å². The average molecular weight is 332 g/mol. The number of halogens is 1. The summed E-state index contributed by atoms with van der Waals surface area (Å²) in [4.78, 5) is 1.45. The van der Waals surface area contributed by atoms with Crippen LogP contribution in [0.4, 0.5) is 0 Å². The molecule has 0 aromatic carbocycles. The Balaban J connectivity index is 1.74. The van der Waals surface area contributed by atoms with Crippen molar-refractivity contribution in [2.75, 3.05) is 13.7 Å². The van der Waals surface area contributed by atoms with Gasteiger partial charge in [-0.1, -0.05) is 0 Å². The molecule has 1 aliphatic heterocycles. The van der Waals surface area contributed by atoms with Gasteiger partial charge >= 0.3 is 0 Å². The van der Waals surface area contributed by atoms with Crippen LogP contribution < -0.4 is 5.32 Å². The van der Waals surface area contributed by atoms with Gasteiger partial charge in [0, 0.05) is 17.5 Å². The van der Waals surface area contributed by atoms with Gasteiger partial charge < -0.3 is 10.1 Å². The molecule has 1 saturated heterocycles. The molecule has 0 radical (unpaired) electrons. The van der Waals surface area contributed by atoms with Crippen molar-refractivity contribution in [1.82, 2.24) is 5.32 Å². The second-order valence-electron chi connectivity index (χ2n) is 4.96. The van der Waals surface area contributed by atoms with Crippen molar-refractivity contribution >= 4 is 27.3 Å². The monoisotopic (exact) mass is 331 g/mol. The maximum absolute atomic E-state index is 5.79. The largest absolute Gasteiger partial charge is 0.378 e. The second-order valence-corrected chi connectivity index (χ2v) is 7.51. The van der Waals surface area contributed by atoms with E-state index < -0.39 is 0 Å². The van der Waals surface area contributed by atoms with Crippen molar-refractivity contribution in [2.45, 2.75) is 50.7 Å². The summed E-state index contributed by atoms with van der Waals surface area (Å²) < 4.78 is 7.02. The normalized spacial score (nSPS) is 22.0. The van der Waals surface area contributed by atoms with E-state index in [1.165, 1.54) is 40.8 Å². The van der Waals surface area contributed by atoms with Crippen LogP contribution in [0.5, 0.6) is 0 Å². The van der Waals surface area contributed by atoms with Gasteiger partial charge in [0.25, 0.3) is 0 Å². The summed E-state index contributed by atoms with van der Waals surface area (Å²) in [5.74, 6) is 0. The van der Waals surface area contributed by atoms with Crippen LogP contribution in [-0.4, -0.2) is 25.8 Å². The highest BCUT2D eigenvalue weighted by Crippen LogP contribution is 2.24. The van der Waals surface area contributed by atoms with Crippen LogP contribution in [0.1, 0.15) is 37.0 Å². The van der Waals surface area contributed by atoms with Crippen LogP contribution in [-0.2, 0) is 11.2 Å². The molecular formula is C14H22BrNOS. The lowest BCUT2D eigenvalue weighted by Gasteiger charge is -2.24. The Morgan fingerprint density at radius 3 is 3.00 bits per heavy atom. The molecule has 0 amide bonds. The molecule has 0 bridgehead atoms. The van der Waals surface area contributed by atoms with E-state index in [2.05, 4.69) is 40.4 Å². The minimum absolute atomic E-state index is 0.504. The molecule has 0 aliphatic carbocycles. The van der Waals surface area contributed by atoms with E-state index in [0.29, 0.717) is 12.1 Å². The third-order valence-corrected chi connectivity index (χ3v) is 5.24. The highest BCUT2D eigenvalue weighted by atomic mass is 79.9. The lowest BCUT2D eigenvalue weighted by molar-refractivity contribution is 0.00871. The van der Waals surface area contributed by atoms with E-state index in [0.717, 1.165) is 13.0 Å². The summed E-state index contributed by atoms with van der Waals surface area (Å²) in [7, 11) is 2.06. The summed E-state index contributed by atoms with van der Waals surface area (Å²) >= 11 is 5.36. The third kappa shape index (κ3) is 4.65. The minimum atomic E-state index is 0.504. The first-order chi connectivity index (χ1) is 8.78. The first kappa shape index (κ1) is 14.5. The molecule has 18 heavy (non-hydrogen) atoms. The predicted molar refractivity (Wildman–Crippen MR) is 81.4 cm³/mol. The Bertz CT molecular complexity index is 349.